The first-order chi connectivity index (χ1) is 9.45. The second-order valence-electron chi connectivity index (χ2n) is 6.87. The van der Waals surface area contributed by atoms with E-state index in [0.717, 1.165) is 34.7 Å². The lowest BCUT2D eigenvalue weighted by molar-refractivity contribution is 0.282. The zero-order valence-electron chi connectivity index (χ0n) is 13.3. The second-order valence-corrected chi connectivity index (χ2v) is 7.93. The van der Waals surface area contributed by atoms with E-state index in [1.807, 2.05) is 0 Å². The average Bonchev–Trinajstić information content (AvgIpc) is 2.70. The van der Waals surface area contributed by atoms with Crippen LogP contribution in [0.5, 0.6) is 0 Å². The molecule has 2 heterocycles. The van der Waals surface area contributed by atoms with E-state index in [1.165, 1.54) is 25.7 Å². The minimum Gasteiger partial charge on any atom is -0.391 e. The fourth-order valence-corrected chi connectivity index (χ4v) is 4.11. The molecule has 20 heavy (non-hydrogen) atoms. The van der Waals surface area contributed by atoms with Gasteiger partial charge in [0, 0.05) is 18.5 Å². The summed E-state index contributed by atoms with van der Waals surface area (Å²) < 4.78 is 0. The van der Waals surface area contributed by atoms with Crippen molar-refractivity contribution < 1.29 is 5.11 Å². The minimum absolute atomic E-state index is 0.00458. The molecule has 1 aromatic rings. The SMILES string of the molecule is CCC1CCCN(c2nc(C(C)(C)C)c(CO)s2)CC1. The lowest BCUT2D eigenvalue weighted by atomic mass is 9.91. The maximum absolute atomic E-state index is 9.58. The Labute approximate surface area is 127 Å². The molecule has 1 aliphatic rings. The number of nitrogens with zero attached hydrogens (tertiary/aromatic N) is 2. The predicted octanol–water partition coefficient (Wildman–Crippen LogP) is 3.95. The second kappa shape index (κ2) is 6.44. The van der Waals surface area contributed by atoms with Crippen molar-refractivity contribution in [3.05, 3.63) is 10.6 Å². The lowest BCUT2D eigenvalue weighted by Crippen LogP contribution is -2.24. The van der Waals surface area contributed by atoms with E-state index >= 15 is 0 Å². The van der Waals surface area contributed by atoms with Gasteiger partial charge in [0.2, 0.25) is 0 Å². The third-order valence-corrected chi connectivity index (χ3v) is 5.34. The molecule has 2 rings (SSSR count). The van der Waals surface area contributed by atoms with Crippen LogP contribution >= 0.6 is 11.3 Å². The van der Waals surface area contributed by atoms with Crippen molar-refractivity contribution >= 4 is 16.5 Å². The van der Waals surface area contributed by atoms with Gasteiger partial charge in [0.05, 0.1) is 17.2 Å². The van der Waals surface area contributed by atoms with E-state index in [0.29, 0.717) is 0 Å². The van der Waals surface area contributed by atoms with Crippen LogP contribution in [0.3, 0.4) is 0 Å². The Bertz CT molecular complexity index is 436. The minimum atomic E-state index is 0.00458. The number of aromatic nitrogens is 1. The van der Waals surface area contributed by atoms with E-state index in [9.17, 15) is 5.11 Å². The molecule has 1 fully saturated rings. The van der Waals surface area contributed by atoms with Crippen molar-refractivity contribution in [3.63, 3.8) is 0 Å². The first-order valence-electron chi connectivity index (χ1n) is 7.81. The number of aliphatic hydroxyl groups is 1. The highest BCUT2D eigenvalue weighted by molar-refractivity contribution is 7.15. The van der Waals surface area contributed by atoms with Crippen LogP contribution in [0.2, 0.25) is 0 Å². The molecule has 1 N–H and O–H groups in total. The fraction of sp³-hybridized carbons (Fsp3) is 0.812. The van der Waals surface area contributed by atoms with Gasteiger partial charge in [-0.2, -0.15) is 0 Å². The highest BCUT2D eigenvalue weighted by Crippen LogP contribution is 2.35. The molecule has 0 radical (unpaired) electrons. The zero-order chi connectivity index (χ0) is 14.8. The van der Waals surface area contributed by atoms with Gasteiger partial charge in [0.25, 0.3) is 0 Å². The Hall–Kier alpha value is -0.610. The van der Waals surface area contributed by atoms with Crippen LogP contribution in [-0.2, 0) is 12.0 Å². The first-order valence-corrected chi connectivity index (χ1v) is 8.63. The molecule has 1 unspecified atom stereocenters. The fourth-order valence-electron chi connectivity index (χ4n) is 2.93. The Morgan fingerprint density at radius 3 is 2.60 bits per heavy atom. The van der Waals surface area contributed by atoms with Gasteiger partial charge >= 0.3 is 0 Å². The Morgan fingerprint density at radius 2 is 2.05 bits per heavy atom. The van der Waals surface area contributed by atoms with Gasteiger partial charge in [-0.1, -0.05) is 45.5 Å². The number of aliphatic hydroxyl groups excluding tert-OH is 1. The van der Waals surface area contributed by atoms with Crippen LogP contribution in [0.1, 0.15) is 63.9 Å². The van der Waals surface area contributed by atoms with Crippen molar-refractivity contribution in [2.75, 3.05) is 18.0 Å². The van der Waals surface area contributed by atoms with Gasteiger partial charge < -0.3 is 10.0 Å². The summed E-state index contributed by atoms with van der Waals surface area (Å²) in [6.07, 6.45) is 5.17. The molecular weight excluding hydrogens is 268 g/mol. The predicted molar refractivity (Wildman–Crippen MR) is 86.6 cm³/mol. The molecule has 1 saturated heterocycles. The molecule has 0 aromatic carbocycles. The number of thiazole rings is 1. The highest BCUT2D eigenvalue weighted by atomic mass is 32.1. The van der Waals surface area contributed by atoms with Gasteiger partial charge in [0.1, 0.15) is 0 Å². The molecule has 114 valence electrons. The largest absolute Gasteiger partial charge is 0.391 e. The maximum Gasteiger partial charge on any atom is 0.185 e. The van der Waals surface area contributed by atoms with Gasteiger partial charge in [-0.25, -0.2) is 4.98 Å². The molecule has 1 atom stereocenters. The van der Waals surface area contributed by atoms with E-state index in [1.54, 1.807) is 11.3 Å². The average molecular weight is 296 g/mol. The molecular formula is C16H28N2OS. The van der Waals surface area contributed by atoms with Crippen molar-refractivity contribution in [2.24, 2.45) is 5.92 Å². The summed E-state index contributed by atoms with van der Waals surface area (Å²) in [4.78, 5) is 8.31. The molecule has 0 bridgehead atoms. The molecule has 0 amide bonds. The third kappa shape index (κ3) is 3.53. The summed E-state index contributed by atoms with van der Waals surface area (Å²) in [5.41, 5.74) is 1.07. The van der Waals surface area contributed by atoms with Crippen LogP contribution in [0.15, 0.2) is 0 Å². The Morgan fingerprint density at radius 1 is 1.30 bits per heavy atom. The van der Waals surface area contributed by atoms with Gasteiger partial charge in [-0.15, -0.1) is 0 Å². The van der Waals surface area contributed by atoms with Crippen molar-refractivity contribution in [2.45, 2.75) is 65.4 Å². The molecule has 4 heteroatoms. The number of anilines is 1. The van der Waals surface area contributed by atoms with E-state index in [2.05, 4.69) is 32.6 Å². The highest BCUT2D eigenvalue weighted by Gasteiger charge is 2.25. The topological polar surface area (TPSA) is 36.4 Å². The smallest absolute Gasteiger partial charge is 0.185 e. The standard InChI is InChI=1S/C16H28N2OS/c1-5-12-7-6-9-18(10-8-12)15-17-14(16(2,3)4)13(11-19)20-15/h12,19H,5-11H2,1-4H3. The number of rotatable bonds is 3. The first kappa shape index (κ1) is 15.8. The summed E-state index contributed by atoms with van der Waals surface area (Å²) in [6.45, 7) is 11.1. The van der Waals surface area contributed by atoms with Crippen molar-refractivity contribution in [1.29, 1.82) is 0 Å². The summed E-state index contributed by atoms with van der Waals surface area (Å²) >= 11 is 1.68. The number of hydrogen-bond acceptors (Lipinski definition) is 4. The van der Waals surface area contributed by atoms with Crippen molar-refractivity contribution in [1.82, 2.24) is 4.98 Å². The van der Waals surface area contributed by atoms with E-state index < -0.39 is 0 Å². The van der Waals surface area contributed by atoms with Crippen LogP contribution in [0.25, 0.3) is 0 Å². The monoisotopic (exact) mass is 296 g/mol. The summed E-state index contributed by atoms with van der Waals surface area (Å²) in [7, 11) is 0. The van der Waals surface area contributed by atoms with Crippen LogP contribution in [-0.4, -0.2) is 23.2 Å². The van der Waals surface area contributed by atoms with E-state index in [-0.39, 0.29) is 12.0 Å². The van der Waals surface area contributed by atoms with Crippen LogP contribution in [0.4, 0.5) is 5.13 Å². The third-order valence-electron chi connectivity index (χ3n) is 4.24. The molecule has 3 nitrogen and oxygen atoms in total. The normalized spacial score (nSPS) is 21.1. The van der Waals surface area contributed by atoms with E-state index in [4.69, 9.17) is 4.98 Å². The molecule has 1 aliphatic heterocycles. The summed E-state index contributed by atoms with van der Waals surface area (Å²) in [6, 6.07) is 0. The van der Waals surface area contributed by atoms with Crippen molar-refractivity contribution in [3.8, 4) is 0 Å². The van der Waals surface area contributed by atoms with Crippen LogP contribution < -0.4 is 4.90 Å². The summed E-state index contributed by atoms with van der Waals surface area (Å²) in [5, 5.41) is 10.7. The van der Waals surface area contributed by atoms with Gasteiger partial charge in [-0.3, -0.25) is 0 Å². The zero-order valence-corrected chi connectivity index (χ0v) is 14.1. The lowest BCUT2D eigenvalue weighted by Gasteiger charge is -2.20. The Balaban J connectivity index is 2.18. The van der Waals surface area contributed by atoms with Crippen LogP contribution in [0, 0.1) is 5.92 Å². The van der Waals surface area contributed by atoms with Gasteiger partial charge in [0.15, 0.2) is 5.13 Å². The molecule has 0 spiro atoms. The quantitative estimate of drug-likeness (QED) is 0.917. The molecule has 1 aromatic heterocycles. The number of hydrogen-bond donors (Lipinski definition) is 1. The maximum atomic E-state index is 9.58. The van der Waals surface area contributed by atoms with Gasteiger partial charge in [-0.05, 0) is 25.2 Å². The summed E-state index contributed by atoms with van der Waals surface area (Å²) in [5.74, 6) is 0.874. The Kier molecular flexibility index (Phi) is 5.08. The molecule has 0 aliphatic carbocycles. The molecule has 0 saturated carbocycles.